The fraction of sp³-hybridized carbons (Fsp3) is 0.320. The average molecular weight is 472 g/mol. The molecule has 1 fully saturated rings. The van der Waals surface area contributed by atoms with Gasteiger partial charge in [0.2, 0.25) is 0 Å². The number of pyridine rings is 2. The van der Waals surface area contributed by atoms with Crippen LogP contribution in [0.1, 0.15) is 17.0 Å². The van der Waals surface area contributed by atoms with Crippen molar-refractivity contribution in [2.75, 3.05) is 43.5 Å². The number of nitrogens with zero attached hydrogens (tertiary/aromatic N) is 7. The number of hydrogen-bond donors (Lipinski definition) is 2. The molecule has 0 aliphatic carbocycles. The molecule has 1 aliphatic rings. The van der Waals surface area contributed by atoms with Gasteiger partial charge in [0.1, 0.15) is 17.4 Å². The van der Waals surface area contributed by atoms with Crippen LogP contribution in [-0.4, -0.2) is 68.3 Å². The van der Waals surface area contributed by atoms with Crippen LogP contribution in [0.25, 0.3) is 11.4 Å². The number of nitrogens with one attached hydrogen (secondary N) is 2. The Kier molecular flexibility index (Phi) is 6.53. The largest absolute Gasteiger partial charge is 0.495 e. The van der Waals surface area contributed by atoms with Gasteiger partial charge in [-0.15, -0.1) is 0 Å². The third kappa shape index (κ3) is 5.55. The van der Waals surface area contributed by atoms with Crippen molar-refractivity contribution in [2.24, 2.45) is 0 Å². The maximum atomic E-state index is 5.29. The fourth-order valence-electron chi connectivity index (χ4n) is 4.14. The van der Waals surface area contributed by atoms with Gasteiger partial charge in [0.15, 0.2) is 11.6 Å². The molecule has 0 spiro atoms. The monoisotopic (exact) mass is 471 g/mol. The van der Waals surface area contributed by atoms with E-state index < -0.39 is 0 Å². The number of hydrogen-bond acceptors (Lipinski definition) is 9. The minimum atomic E-state index is 0.635. The van der Waals surface area contributed by atoms with Crippen LogP contribution in [-0.2, 0) is 6.54 Å². The van der Waals surface area contributed by atoms with Gasteiger partial charge < -0.3 is 15.0 Å². The molecule has 1 saturated heterocycles. The molecular formula is C25H29N9O. The molecule has 0 bridgehead atoms. The summed E-state index contributed by atoms with van der Waals surface area (Å²) in [6.45, 7) is 8.54. The van der Waals surface area contributed by atoms with Gasteiger partial charge in [0.25, 0.3) is 0 Å². The lowest BCUT2D eigenvalue weighted by Crippen LogP contribution is -2.46. The predicted octanol–water partition coefficient (Wildman–Crippen LogP) is 3.35. The fourth-order valence-corrected chi connectivity index (χ4v) is 4.14. The molecule has 1 aliphatic heterocycles. The summed E-state index contributed by atoms with van der Waals surface area (Å²) in [5, 5.41) is 10.4. The van der Waals surface area contributed by atoms with Crippen molar-refractivity contribution in [2.45, 2.75) is 20.4 Å². The molecule has 2 N–H and O–H groups in total. The second-order valence-electron chi connectivity index (χ2n) is 8.68. The molecule has 5 heterocycles. The smallest absolute Gasteiger partial charge is 0.163 e. The molecule has 0 atom stereocenters. The molecule has 4 aromatic rings. The molecule has 0 unspecified atom stereocenters. The van der Waals surface area contributed by atoms with Crippen molar-refractivity contribution >= 4 is 17.5 Å². The third-order valence-corrected chi connectivity index (χ3v) is 5.93. The number of aryl methyl sites for hydroxylation is 2. The summed E-state index contributed by atoms with van der Waals surface area (Å²) in [4.78, 5) is 23.0. The molecule has 10 heteroatoms. The standard InChI is InChI=1S/C25H29N9O/c1-17-10-22(29-23-11-18(2)31-32-23)30-25(28-17)20-4-5-24(27-14-20)34-8-6-33(7-9-34)16-19-12-21(35-3)15-26-13-19/h4-5,10-15H,6-9,16H2,1-3H3,(H2,28,29,30,31,32). The summed E-state index contributed by atoms with van der Waals surface area (Å²) in [5.41, 5.74) is 3.89. The molecular weight excluding hydrogens is 442 g/mol. The summed E-state index contributed by atoms with van der Waals surface area (Å²) in [6.07, 6.45) is 5.48. The molecule has 10 nitrogen and oxygen atoms in total. The van der Waals surface area contributed by atoms with Gasteiger partial charge in [-0.3, -0.25) is 15.0 Å². The number of rotatable bonds is 7. The van der Waals surface area contributed by atoms with Crippen LogP contribution in [0, 0.1) is 13.8 Å². The zero-order chi connectivity index (χ0) is 24.2. The first-order valence-electron chi connectivity index (χ1n) is 11.6. The van der Waals surface area contributed by atoms with E-state index in [-0.39, 0.29) is 0 Å². The molecule has 0 aromatic carbocycles. The number of methoxy groups -OCH3 is 1. The summed E-state index contributed by atoms with van der Waals surface area (Å²) < 4.78 is 5.29. The zero-order valence-corrected chi connectivity index (χ0v) is 20.2. The first-order valence-corrected chi connectivity index (χ1v) is 11.6. The summed E-state index contributed by atoms with van der Waals surface area (Å²) >= 11 is 0. The van der Waals surface area contributed by atoms with Crippen LogP contribution >= 0.6 is 0 Å². The number of aromatic nitrogens is 6. The van der Waals surface area contributed by atoms with Gasteiger partial charge in [0.05, 0.1) is 13.3 Å². The van der Waals surface area contributed by atoms with Crippen LogP contribution in [0.4, 0.5) is 17.5 Å². The summed E-state index contributed by atoms with van der Waals surface area (Å²) in [7, 11) is 1.67. The minimum Gasteiger partial charge on any atom is -0.495 e. The van der Waals surface area contributed by atoms with Crippen molar-refractivity contribution in [3.63, 3.8) is 0 Å². The van der Waals surface area contributed by atoms with E-state index in [4.69, 9.17) is 9.72 Å². The van der Waals surface area contributed by atoms with Crippen LogP contribution in [0.15, 0.2) is 48.9 Å². The topological polar surface area (TPSA) is 108 Å². The Morgan fingerprint density at radius 1 is 0.971 bits per heavy atom. The highest BCUT2D eigenvalue weighted by molar-refractivity contribution is 5.61. The number of H-pyrrole nitrogens is 1. The van der Waals surface area contributed by atoms with E-state index in [1.807, 2.05) is 56.6 Å². The van der Waals surface area contributed by atoms with Gasteiger partial charge in [0, 0.05) is 74.2 Å². The van der Waals surface area contributed by atoms with Gasteiger partial charge >= 0.3 is 0 Å². The normalized spacial score (nSPS) is 14.2. The molecule has 4 aromatic heterocycles. The van der Waals surface area contributed by atoms with Crippen LogP contribution in [0.2, 0.25) is 0 Å². The van der Waals surface area contributed by atoms with E-state index in [2.05, 4.69) is 40.3 Å². The SMILES string of the molecule is COc1cncc(CN2CCN(c3ccc(-c4nc(C)cc(Nc5cc(C)[nH]n5)n4)cn3)CC2)c1. The Morgan fingerprint density at radius 2 is 1.83 bits per heavy atom. The lowest BCUT2D eigenvalue weighted by molar-refractivity contribution is 0.248. The molecule has 0 radical (unpaired) electrons. The Hall–Kier alpha value is -4.05. The van der Waals surface area contributed by atoms with Gasteiger partial charge in [-0.1, -0.05) is 0 Å². The number of piperazine rings is 1. The quantitative estimate of drug-likeness (QED) is 0.419. The Labute approximate surface area is 204 Å². The van der Waals surface area contributed by atoms with Crippen molar-refractivity contribution in [3.8, 4) is 17.1 Å². The van der Waals surface area contributed by atoms with Crippen molar-refractivity contribution in [1.82, 2.24) is 35.0 Å². The third-order valence-electron chi connectivity index (χ3n) is 5.93. The molecule has 0 saturated carbocycles. The Balaban J connectivity index is 1.22. The first-order chi connectivity index (χ1) is 17.1. The minimum absolute atomic E-state index is 0.635. The van der Waals surface area contributed by atoms with E-state index in [1.165, 1.54) is 0 Å². The number of aromatic amines is 1. The number of ether oxygens (including phenoxy) is 1. The molecule has 180 valence electrons. The lowest BCUT2D eigenvalue weighted by Gasteiger charge is -2.35. The van der Waals surface area contributed by atoms with Crippen molar-refractivity contribution in [3.05, 3.63) is 65.9 Å². The molecule has 5 rings (SSSR count). The summed E-state index contributed by atoms with van der Waals surface area (Å²) in [5.74, 6) is 3.82. The van der Waals surface area contributed by atoms with E-state index >= 15 is 0 Å². The van der Waals surface area contributed by atoms with Crippen LogP contribution in [0.5, 0.6) is 5.75 Å². The lowest BCUT2D eigenvalue weighted by atomic mass is 10.2. The van der Waals surface area contributed by atoms with E-state index in [0.717, 1.165) is 72.6 Å². The van der Waals surface area contributed by atoms with E-state index in [1.54, 1.807) is 13.3 Å². The Morgan fingerprint density at radius 3 is 2.54 bits per heavy atom. The predicted molar refractivity (Wildman–Crippen MR) is 135 cm³/mol. The maximum Gasteiger partial charge on any atom is 0.163 e. The molecule has 0 amide bonds. The van der Waals surface area contributed by atoms with Gasteiger partial charge in [-0.05, 0) is 37.6 Å². The first kappa shape index (κ1) is 22.7. The second kappa shape index (κ2) is 10.1. The van der Waals surface area contributed by atoms with Gasteiger partial charge in [-0.25, -0.2) is 15.0 Å². The maximum absolute atomic E-state index is 5.29. The summed E-state index contributed by atoms with van der Waals surface area (Å²) in [6, 6.07) is 9.96. The highest BCUT2D eigenvalue weighted by Gasteiger charge is 2.19. The van der Waals surface area contributed by atoms with E-state index in [9.17, 15) is 0 Å². The average Bonchev–Trinajstić information content (AvgIpc) is 3.28. The highest BCUT2D eigenvalue weighted by atomic mass is 16.5. The van der Waals surface area contributed by atoms with Crippen LogP contribution in [0.3, 0.4) is 0 Å². The zero-order valence-electron chi connectivity index (χ0n) is 20.2. The van der Waals surface area contributed by atoms with Crippen molar-refractivity contribution < 1.29 is 4.74 Å². The van der Waals surface area contributed by atoms with Gasteiger partial charge in [-0.2, -0.15) is 5.10 Å². The highest BCUT2D eigenvalue weighted by Crippen LogP contribution is 2.23. The second-order valence-corrected chi connectivity index (χ2v) is 8.68. The van der Waals surface area contributed by atoms with E-state index in [0.29, 0.717) is 11.6 Å². The molecule has 35 heavy (non-hydrogen) atoms. The Bertz CT molecular complexity index is 1280. The van der Waals surface area contributed by atoms with Crippen LogP contribution < -0.4 is 15.0 Å². The van der Waals surface area contributed by atoms with Crippen molar-refractivity contribution in [1.29, 1.82) is 0 Å². The number of anilines is 3.